The van der Waals surface area contributed by atoms with Crippen LogP contribution in [0.1, 0.15) is 24.8 Å². The summed E-state index contributed by atoms with van der Waals surface area (Å²) in [6, 6.07) is 12.4. The molecule has 0 fully saturated rings. The molecule has 0 saturated carbocycles. The highest BCUT2D eigenvalue weighted by Crippen LogP contribution is 2.40. The number of benzene rings is 3. The second-order valence-electron chi connectivity index (χ2n) is 7.08. The van der Waals surface area contributed by atoms with Crippen molar-refractivity contribution in [1.29, 1.82) is 0 Å². The molecule has 1 N–H and O–H groups in total. The summed E-state index contributed by atoms with van der Waals surface area (Å²) in [6.07, 6.45) is 2.20. The van der Waals surface area contributed by atoms with Gasteiger partial charge in [-0.25, -0.2) is 0 Å². The summed E-state index contributed by atoms with van der Waals surface area (Å²) in [5, 5.41) is 8.02. The summed E-state index contributed by atoms with van der Waals surface area (Å²) in [6.45, 7) is 1.84. The van der Waals surface area contributed by atoms with E-state index in [1.807, 2.05) is 18.2 Å². The zero-order valence-corrected chi connectivity index (χ0v) is 16.7. The highest BCUT2D eigenvalue weighted by Gasteiger charge is 2.17. The summed E-state index contributed by atoms with van der Waals surface area (Å²) in [5.74, 6) is 2.22. The quantitative estimate of drug-likeness (QED) is 0.351. The van der Waals surface area contributed by atoms with Gasteiger partial charge in [-0.3, -0.25) is 4.79 Å². The van der Waals surface area contributed by atoms with E-state index in [4.69, 9.17) is 14.2 Å². The molecule has 0 aromatic heterocycles. The molecular weight excluding hydrogens is 370 g/mol. The third-order valence-corrected chi connectivity index (χ3v) is 5.26. The molecule has 0 radical (unpaired) electrons. The molecule has 3 aromatic carbocycles. The van der Waals surface area contributed by atoms with Gasteiger partial charge in [0.1, 0.15) is 5.75 Å². The van der Waals surface area contributed by atoms with Crippen LogP contribution in [0.3, 0.4) is 0 Å². The Morgan fingerprint density at radius 2 is 1.83 bits per heavy atom. The Kier molecular flexibility index (Phi) is 5.71. The molecule has 3 aromatic rings. The molecule has 0 aliphatic carbocycles. The second-order valence-corrected chi connectivity index (χ2v) is 7.08. The summed E-state index contributed by atoms with van der Waals surface area (Å²) in [5.41, 5.74) is 1.21. The number of carbonyl (C=O) groups excluding carboxylic acids is 1. The molecule has 29 heavy (non-hydrogen) atoms. The number of esters is 1. The van der Waals surface area contributed by atoms with Crippen LogP contribution in [0.15, 0.2) is 36.4 Å². The Morgan fingerprint density at radius 1 is 1.00 bits per heavy atom. The lowest BCUT2D eigenvalue weighted by Crippen LogP contribution is -2.15. The van der Waals surface area contributed by atoms with Gasteiger partial charge in [-0.2, -0.15) is 0 Å². The highest BCUT2D eigenvalue weighted by molar-refractivity contribution is 6.10. The average Bonchev–Trinajstić information content (AvgIpc) is 3.21. The van der Waals surface area contributed by atoms with Gasteiger partial charge >= 0.3 is 5.97 Å². The van der Waals surface area contributed by atoms with Gasteiger partial charge in [0, 0.05) is 13.0 Å². The third kappa shape index (κ3) is 4.07. The monoisotopic (exact) mass is 395 g/mol. The van der Waals surface area contributed by atoms with Crippen molar-refractivity contribution < 1.29 is 23.7 Å². The van der Waals surface area contributed by atoms with Crippen molar-refractivity contribution >= 4 is 27.5 Å². The minimum atomic E-state index is -0.154. The number of hydrogen-bond acceptors (Lipinski definition) is 6. The van der Waals surface area contributed by atoms with E-state index in [1.165, 1.54) is 18.1 Å². The Bertz CT molecular complexity index is 1050. The fourth-order valence-corrected chi connectivity index (χ4v) is 3.72. The molecule has 1 aliphatic rings. The first-order valence-electron chi connectivity index (χ1n) is 9.80. The Labute approximate surface area is 169 Å². The molecule has 0 atom stereocenters. The number of methoxy groups -OCH3 is 2. The van der Waals surface area contributed by atoms with E-state index in [9.17, 15) is 4.79 Å². The molecule has 0 unspecified atom stereocenters. The largest absolute Gasteiger partial charge is 0.497 e. The molecule has 0 amide bonds. The van der Waals surface area contributed by atoms with Crippen LogP contribution >= 0.6 is 0 Å². The lowest BCUT2D eigenvalue weighted by molar-refractivity contribution is -0.140. The van der Waals surface area contributed by atoms with E-state index >= 15 is 0 Å². The number of unbranched alkanes of at least 4 members (excludes halogenated alkanes) is 1. The Hall–Kier alpha value is -2.99. The highest BCUT2D eigenvalue weighted by atomic mass is 16.7. The summed E-state index contributed by atoms with van der Waals surface area (Å²) >= 11 is 0. The molecule has 6 nitrogen and oxygen atoms in total. The first kappa shape index (κ1) is 19.3. The zero-order valence-electron chi connectivity index (χ0n) is 16.7. The van der Waals surface area contributed by atoms with E-state index in [0.29, 0.717) is 6.42 Å². The maximum Gasteiger partial charge on any atom is 0.305 e. The number of fused-ring (bicyclic) bond motifs is 4. The van der Waals surface area contributed by atoms with Gasteiger partial charge in [0.25, 0.3) is 0 Å². The molecular formula is C23H25NO5. The molecule has 152 valence electrons. The minimum Gasteiger partial charge on any atom is -0.497 e. The maximum absolute atomic E-state index is 11.2. The molecule has 1 heterocycles. The fourth-order valence-electron chi connectivity index (χ4n) is 3.72. The molecule has 0 saturated heterocycles. The van der Waals surface area contributed by atoms with Crippen LogP contribution in [0.2, 0.25) is 0 Å². The SMILES string of the molecule is COC(=O)CCCCNCc1cc2cc3c(cc2c2cc(OC)ccc12)OCO3. The van der Waals surface area contributed by atoms with Crippen LogP contribution < -0.4 is 19.5 Å². The predicted molar refractivity (Wildman–Crippen MR) is 112 cm³/mol. The van der Waals surface area contributed by atoms with Gasteiger partial charge in [0.2, 0.25) is 6.79 Å². The lowest BCUT2D eigenvalue weighted by atomic mass is 9.96. The molecule has 0 spiro atoms. The van der Waals surface area contributed by atoms with Crippen molar-refractivity contribution in [2.75, 3.05) is 27.6 Å². The molecule has 0 bridgehead atoms. The maximum atomic E-state index is 11.2. The first-order valence-corrected chi connectivity index (χ1v) is 9.80. The molecule has 6 heteroatoms. The van der Waals surface area contributed by atoms with Gasteiger partial charge in [-0.05, 0) is 76.8 Å². The first-order chi connectivity index (χ1) is 14.2. The van der Waals surface area contributed by atoms with Crippen molar-refractivity contribution in [3.8, 4) is 17.2 Å². The van der Waals surface area contributed by atoms with Crippen molar-refractivity contribution in [1.82, 2.24) is 5.32 Å². The van der Waals surface area contributed by atoms with Gasteiger partial charge in [-0.15, -0.1) is 0 Å². The standard InChI is InChI=1S/C23H25NO5/c1-26-17-6-7-18-16(13-24-8-4-3-5-23(25)27-2)9-15-10-21-22(29-14-28-21)12-19(15)20(18)11-17/h6-7,9-12,24H,3-5,8,13-14H2,1-2H3. The smallest absolute Gasteiger partial charge is 0.305 e. The van der Waals surface area contributed by atoms with Crippen molar-refractivity contribution in [3.63, 3.8) is 0 Å². The van der Waals surface area contributed by atoms with E-state index in [-0.39, 0.29) is 12.8 Å². The second kappa shape index (κ2) is 8.57. The predicted octanol–water partition coefficient (Wildman–Crippen LogP) is 4.16. The van der Waals surface area contributed by atoms with Gasteiger partial charge in [0.05, 0.1) is 14.2 Å². The van der Waals surface area contributed by atoms with Crippen LogP contribution in [0, 0.1) is 0 Å². The van der Waals surface area contributed by atoms with Gasteiger partial charge < -0.3 is 24.3 Å². The van der Waals surface area contributed by atoms with Crippen LogP contribution in [-0.2, 0) is 16.1 Å². The minimum absolute atomic E-state index is 0.154. The van der Waals surface area contributed by atoms with Crippen molar-refractivity contribution in [3.05, 3.63) is 42.0 Å². The Morgan fingerprint density at radius 3 is 2.62 bits per heavy atom. The fraction of sp³-hybridized carbons (Fsp3) is 0.348. The van der Waals surface area contributed by atoms with E-state index in [2.05, 4.69) is 28.3 Å². The third-order valence-electron chi connectivity index (χ3n) is 5.26. The van der Waals surface area contributed by atoms with Crippen molar-refractivity contribution in [2.45, 2.75) is 25.8 Å². The van der Waals surface area contributed by atoms with E-state index in [1.54, 1.807) is 7.11 Å². The molecule has 1 aliphatic heterocycles. The average molecular weight is 395 g/mol. The number of ether oxygens (including phenoxy) is 4. The zero-order chi connectivity index (χ0) is 20.2. The number of nitrogens with one attached hydrogen (secondary N) is 1. The topological polar surface area (TPSA) is 66.0 Å². The summed E-state index contributed by atoms with van der Waals surface area (Å²) in [7, 11) is 3.10. The van der Waals surface area contributed by atoms with E-state index < -0.39 is 0 Å². The van der Waals surface area contributed by atoms with Crippen LogP contribution in [0.4, 0.5) is 0 Å². The van der Waals surface area contributed by atoms with Crippen LogP contribution in [0.25, 0.3) is 21.5 Å². The van der Waals surface area contributed by atoms with E-state index in [0.717, 1.165) is 59.3 Å². The van der Waals surface area contributed by atoms with Crippen molar-refractivity contribution in [2.24, 2.45) is 0 Å². The Balaban J connectivity index is 1.59. The normalized spacial score (nSPS) is 12.5. The van der Waals surface area contributed by atoms with Gasteiger partial charge in [-0.1, -0.05) is 6.07 Å². The van der Waals surface area contributed by atoms with Crippen LogP contribution in [0.5, 0.6) is 17.2 Å². The number of hydrogen-bond donors (Lipinski definition) is 1. The number of rotatable bonds is 8. The lowest BCUT2D eigenvalue weighted by Gasteiger charge is -2.13. The number of carbonyl (C=O) groups is 1. The summed E-state index contributed by atoms with van der Waals surface area (Å²) < 4.78 is 21.3. The van der Waals surface area contributed by atoms with Crippen LogP contribution in [-0.4, -0.2) is 33.5 Å². The van der Waals surface area contributed by atoms with Gasteiger partial charge in [0.15, 0.2) is 11.5 Å². The summed E-state index contributed by atoms with van der Waals surface area (Å²) in [4.78, 5) is 11.2. The molecule has 4 rings (SSSR count).